The fraction of sp³-hybridized carbons (Fsp3) is 0.667. The van der Waals surface area contributed by atoms with E-state index in [0.29, 0.717) is 0 Å². The molecule has 0 aliphatic carbocycles. The molecule has 1 fully saturated rings. The summed E-state index contributed by atoms with van der Waals surface area (Å²) in [4.78, 5) is 2.25. The second-order valence-corrected chi connectivity index (χ2v) is 1.93. The first-order valence-corrected chi connectivity index (χ1v) is 2.80. The first kappa shape index (κ1) is 4.69. The molecular weight excluding hydrogens is 86.1 g/mol. The molecule has 1 heterocycles. The van der Waals surface area contributed by atoms with Crippen LogP contribution in [0.4, 0.5) is 0 Å². The lowest BCUT2D eigenvalue weighted by Crippen LogP contribution is -2.08. The standard InChI is InChI=1S/C6H11N/c1-2-7-5-3-4-6-7/h2H,1,3-6H2. The highest BCUT2D eigenvalue weighted by Gasteiger charge is 2.04. The largest absolute Gasteiger partial charge is 0.378 e. The van der Waals surface area contributed by atoms with Crippen molar-refractivity contribution in [3.05, 3.63) is 12.8 Å². The Bertz CT molecular complexity index is 62.6. The number of likely N-dealkylation sites (tertiary alicyclic amines) is 1. The van der Waals surface area contributed by atoms with Crippen molar-refractivity contribution in [3.63, 3.8) is 0 Å². The Labute approximate surface area is 44.6 Å². The second kappa shape index (κ2) is 2.01. The molecule has 0 aromatic heterocycles. The molecule has 0 unspecified atom stereocenters. The monoisotopic (exact) mass is 97.1 g/mol. The summed E-state index contributed by atoms with van der Waals surface area (Å²) >= 11 is 0. The Morgan fingerprint density at radius 3 is 2.14 bits per heavy atom. The van der Waals surface area contributed by atoms with E-state index >= 15 is 0 Å². The zero-order valence-electron chi connectivity index (χ0n) is 4.56. The zero-order chi connectivity index (χ0) is 5.11. The molecule has 1 heteroatoms. The van der Waals surface area contributed by atoms with E-state index in [2.05, 4.69) is 11.5 Å². The molecule has 1 aliphatic rings. The van der Waals surface area contributed by atoms with Crippen LogP contribution in [0.2, 0.25) is 0 Å². The molecule has 1 aliphatic heterocycles. The molecule has 0 saturated carbocycles. The van der Waals surface area contributed by atoms with Crippen LogP contribution >= 0.6 is 0 Å². The van der Waals surface area contributed by atoms with Crippen molar-refractivity contribution in [2.45, 2.75) is 12.8 Å². The fourth-order valence-electron chi connectivity index (χ4n) is 0.924. The van der Waals surface area contributed by atoms with Crippen LogP contribution in [-0.2, 0) is 0 Å². The van der Waals surface area contributed by atoms with Gasteiger partial charge in [0.1, 0.15) is 0 Å². The molecule has 0 N–H and O–H groups in total. The van der Waals surface area contributed by atoms with Crippen molar-refractivity contribution in [1.29, 1.82) is 0 Å². The van der Waals surface area contributed by atoms with Gasteiger partial charge in [0.05, 0.1) is 0 Å². The topological polar surface area (TPSA) is 3.24 Å². The Kier molecular flexibility index (Phi) is 1.35. The van der Waals surface area contributed by atoms with Crippen LogP contribution in [0.5, 0.6) is 0 Å². The van der Waals surface area contributed by atoms with Crippen LogP contribution in [0.25, 0.3) is 0 Å². The molecule has 0 amide bonds. The van der Waals surface area contributed by atoms with Crippen LogP contribution in [0.1, 0.15) is 12.8 Å². The SMILES string of the molecule is C=CN1CCCC1. The molecule has 1 nitrogen and oxygen atoms in total. The van der Waals surface area contributed by atoms with Gasteiger partial charge in [0.25, 0.3) is 0 Å². The van der Waals surface area contributed by atoms with Gasteiger partial charge in [0.15, 0.2) is 0 Å². The van der Waals surface area contributed by atoms with E-state index in [0.717, 1.165) is 0 Å². The molecule has 1 rings (SSSR count). The predicted molar refractivity (Wildman–Crippen MR) is 31.0 cm³/mol. The first-order chi connectivity index (χ1) is 3.43. The van der Waals surface area contributed by atoms with Crippen molar-refractivity contribution in [1.82, 2.24) is 4.90 Å². The third-order valence-corrected chi connectivity index (χ3v) is 1.40. The highest BCUT2D eigenvalue weighted by molar-refractivity contribution is 4.75. The summed E-state index contributed by atoms with van der Waals surface area (Å²) in [7, 11) is 0. The lowest BCUT2D eigenvalue weighted by atomic mass is 10.4. The Morgan fingerprint density at radius 1 is 1.29 bits per heavy atom. The first-order valence-electron chi connectivity index (χ1n) is 2.80. The average Bonchev–Trinajstić information content (AvgIpc) is 2.14. The smallest absolute Gasteiger partial charge is 0.0172 e. The normalized spacial score (nSPS) is 20.3. The minimum absolute atomic E-state index is 1.23. The van der Waals surface area contributed by atoms with Gasteiger partial charge >= 0.3 is 0 Å². The third-order valence-electron chi connectivity index (χ3n) is 1.40. The van der Waals surface area contributed by atoms with Crippen molar-refractivity contribution in [2.24, 2.45) is 0 Å². The Hall–Kier alpha value is -0.460. The van der Waals surface area contributed by atoms with Crippen LogP contribution in [0.15, 0.2) is 12.8 Å². The number of nitrogens with zero attached hydrogens (tertiary/aromatic N) is 1. The zero-order valence-corrected chi connectivity index (χ0v) is 4.56. The highest BCUT2D eigenvalue weighted by Crippen LogP contribution is 2.05. The lowest BCUT2D eigenvalue weighted by molar-refractivity contribution is 0.469. The molecule has 0 atom stereocenters. The van der Waals surface area contributed by atoms with E-state index < -0.39 is 0 Å². The molecular formula is C6H11N. The van der Waals surface area contributed by atoms with Gasteiger partial charge in [-0.05, 0) is 19.0 Å². The molecule has 0 radical (unpaired) electrons. The summed E-state index contributed by atoms with van der Waals surface area (Å²) in [5.74, 6) is 0. The second-order valence-electron chi connectivity index (χ2n) is 1.93. The van der Waals surface area contributed by atoms with Gasteiger partial charge in [-0.2, -0.15) is 0 Å². The van der Waals surface area contributed by atoms with Gasteiger partial charge in [-0.15, -0.1) is 0 Å². The summed E-state index contributed by atoms with van der Waals surface area (Å²) in [5, 5.41) is 0. The van der Waals surface area contributed by atoms with Gasteiger partial charge in [-0.3, -0.25) is 0 Å². The van der Waals surface area contributed by atoms with Crippen LogP contribution < -0.4 is 0 Å². The molecule has 1 saturated heterocycles. The van der Waals surface area contributed by atoms with E-state index in [1.165, 1.54) is 25.9 Å². The summed E-state index contributed by atoms with van der Waals surface area (Å²) in [5.41, 5.74) is 0. The molecule has 0 aromatic carbocycles. The Balaban J connectivity index is 2.26. The van der Waals surface area contributed by atoms with Crippen molar-refractivity contribution >= 4 is 0 Å². The maximum Gasteiger partial charge on any atom is 0.0172 e. The van der Waals surface area contributed by atoms with Gasteiger partial charge in [-0.1, -0.05) is 6.58 Å². The predicted octanol–water partition coefficient (Wildman–Crippen LogP) is 1.23. The van der Waals surface area contributed by atoms with Gasteiger partial charge in [-0.25, -0.2) is 0 Å². The molecule has 0 bridgehead atoms. The quantitative estimate of drug-likeness (QED) is 0.475. The highest BCUT2D eigenvalue weighted by atomic mass is 15.1. The average molecular weight is 97.2 g/mol. The van der Waals surface area contributed by atoms with Crippen molar-refractivity contribution < 1.29 is 0 Å². The lowest BCUT2D eigenvalue weighted by Gasteiger charge is -2.07. The van der Waals surface area contributed by atoms with E-state index in [1.54, 1.807) is 0 Å². The third kappa shape index (κ3) is 0.952. The van der Waals surface area contributed by atoms with Gasteiger partial charge in [0.2, 0.25) is 0 Å². The summed E-state index contributed by atoms with van der Waals surface area (Å²) < 4.78 is 0. The summed E-state index contributed by atoms with van der Waals surface area (Å²) in [6, 6.07) is 0. The van der Waals surface area contributed by atoms with Crippen LogP contribution in [0, 0.1) is 0 Å². The van der Waals surface area contributed by atoms with Gasteiger partial charge < -0.3 is 4.90 Å². The molecule has 7 heavy (non-hydrogen) atoms. The molecule has 0 aromatic rings. The minimum atomic E-state index is 1.23. The number of hydrogen-bond acceptors (Lipinski definition) is 1. The summed E-state index contributed by atoms with van der Waals surface area (Å²) in [6.07, 6.45) is 4.63. The maximum atomic E-state index is 3.67. The summed E-state index contributed by atoms with van der Waals surface area (Å²) in [6.45, 7) is 6.12. The number of hydrogen-bond donors (Lipinski definition) is 0. The molecule has 0 spiro atoms. The van der Waals surface area contributed by atoms with Crippen molar-refractivity contribution in [2.75, 3.05) is 13.1 Å². The fourth-order valence-corrected chi connectivity index (χ4v) is 0.924. The maximum absolute atomic E-state index is 3.67. The van der Waals surface area contributed by atoms with Crippen LogP contribution in [0.3, 0.4) is 0 Å². The van der Waals surface area contributed by atoms with E-state index in [1.807, 2.05) is 6.20 Å². The van der Waals surface area contributed by atoms with E-state index in [4.69, 9.17) is 0 Å². The minimum Gasteiger partial charge on any atom is -0.378 e. The van der Waals surface area contributed by atoms with E-state index in [-0.39, 0.29) is 0 Å². The van der Waals surface area contributed by atoms with Gasteiger partial charge in [0, 0.05) is 13.1 Å². The molecule has 40 valence electrons. The van der Waals surface area contributed by atoms with Crippen LogP contribution in [-0.4, -0.2) is 18.0 Å². The van der Waals surface area contributed by atoms with Crippen molar-refractivity contribution in [3.8, 4) is 0 Å². The number of rotatable bonds is 1. The Morgan fingerprint density at radius 2 is 1.86 bits per heavy atom. The van der Waals surface area contributed by atoms with E-state index in [9.17, 15) is 0 Å².